The maximum atomic E-state index is 5.95. The molecule has 1 atom stereocenters. The van der Waals surface area contributed by atoms with E-state index in [1.165, 1.54) is 18.4 Å². The van der Waals surface area contributed by atoms with Crippen molar-refractivity contribution in [3.05, 3.63) is 29.8 Å². The van der Waals surface area contributed by atoms with Crippen LogP contribution in [0.5, 0.6) is 5.75 Å². The highest BCUT2D eigenvalue weighted by Crippen LogP contribution is 2.32. The molecule has 0 aliphatic heterocycles. The van der Waals surface area contributed by atoms with E-state index < -0.39 is 0 Å². The molecule has 0 bridgehead atoms. The van der Waals surface area contributed by atoms with Crippen LogP contribution in [0.15, 0.2) is 24.3 Å². The molecule has 1 aromatic rings. The molecule has 1 fully saturated rings. The molecular weight excluding hydrogens is 234 g/mol. The minimum Gasteiger partial charge on any atom is -0.492 e. The van der Waals surface area contributed by atoms with Gasteiger partial charge in [-0.15, -0.1) is 0 Å². The third-order valence-corrected chi connectivity index (χ3v) is 3.85. The van der Waals surface area contributed by atoms with Gasteiger partial charge in [0.1, 0.15) is 12.4 Å². The smallest absolute Gasteiger partial charge is 0.123 e. The molecule has 1 unspecified atom stereocenters. The normalized spacial score (nSPS) is 17.3. The van der Waals surface area contributed by atoms with Gasteiger partial charge in [0.2, 0.25) is 0 Å². The molecule has 2 nitrogen and oxygen atoms in total. The van der Waals surface area contributed by atoms with E-state index in [2.05, 4.69) is 51.2 Å². The predicted molar refractivity (Wildman–Crippen MR) is 80.8 cm³/mol. The Morgan fingerprint density at radius 1 is 1.26 bits per heavy atom. The maximum absolute atomic E-state index is 5.95. The summed E-state index contributed by atoms with van der Waals surface area (Å²) < 4.78 is 5.95. The molecule has 0 heterocycles. The molecule has 1 aliphatic carbocycles. The molecule has 106 valence electrons. The van der Waals surface area contributed by atoms with Gasteiger partial charge in [-0.25, -0.2) is 0 Å². The van der Waals surface area contributed by atoms with E-state index in [4.69, 9.17) is 4.74 Å². The van der Waals surface area contributed by atoms with Gasteiger partial charge in [0.05, 0.1) is 0 Å². The zero-order valence-electron chi connectivity index (χ0n) is 12.7. The summed E-state index contributed by atoms with van der Waals surface area (Å²) in [6.45, 7) is 10.6. The SMILES string of the molecule is CC(NCCOc1ccccc1C(C)(C)C)C1CC1. The number of para-hydroxylation sites is 1. The lowest BCUT2D eigenvalue weighted by Gasteiger charge is -2.23. The fourth-order valence-corrected chi connectivity index (χ4v) is 2.42. The minimum absolute atomic E-state index is 0.130. The lowest BCUT2D eigenvalue weighted by molar-refractivity contribution is 0.296. The van der Waals surface area contributed by atoms with Crippen LogP contribution in [0.1, 0.15) is 46.1 Å². The Morgan fingerprint density at radius 3 is 2.58 bits per heavy atom. The van der Waals surface area contributed by atoms with Gasteiger partial charge < -0.3 is 10.1 Å². The highest BCUT2D eigenvalue weighted by Gasteiger charge is 2.27. The molecule has 0 radical (unpaired) electrons. The predicted octanol–water partition coefficient (Wildman–Crippen LogP) is 3.75. The van der Waals surface area contributed by atoms with Crippen molar-refractivity contribution in [1.29, 1.82) is 0 Å². The van der Waals surface area contributed by atoms with Crippen molar-refractivity contribution in [3.8, 4) is 5.75 Å². The number of hydrogen-bond donors (Lipinski definition) is 1. The standard InChI is InChI=1S/C17H27NO/c1-13(14-9-10-14)18-11-12-19-16-8-6-5-7-15(16)17(2,3)4/h5-8,13-14,18H,9-12H2,1-4H3. The molecule has 2 rings (SSSR count). The van der Waals surface area contributed by atoms with E-state index in [9.17, 15) is 0 Å². The maximum Gasteiger partial charge on any atom is 0.123 e. The summed E-state index contributed by atoms with van der Waals surface area (Å²) in [5.74, 6) is 1.93. The molecule has 1 aliphatic rings. The number of nitrogens with one attached hydrogen (secondary N) is 1. The third-order valence-electron chi connectivity index (χ3n) is 3.85. The molecule has 1 aromatic carbocycles. The molecule has 2 heteroatoms. The lowest BCUT2D eigenvalue weighted by atomic mass is 9.86. The van der Waals surface area contributed by atoms with E-state index in [0.29, 0.717) is 6.04 Å². The highest BCUT2D eigenvalue weighted by molar-refractivity contribution is 5.38. The van der Waals surface area contributed by atoms with Crippen LogP contribution in [0.3, 0.4) is 0 Å². The first-order chi connectivity index (χ1) is 8.98. The molecule has 0 aromatic heterocycles. The van der Waals surface area contributed by atoms with Gasteiger partial charge in [0.15, 0.2) is 0 Å². The summed E-state index contributed by atoms with van der Waals surface area (Å²) in [6.07, 6.45) is 2.78. The quantitative estimate of drug-likeness (QED) is 0.787. The molecular formula is C17H27NO. The summed E-state index contributed by atoms with van der Waals surface area (Å²) >= 11 is 0. The summed E-state index contributed by atoms with van der Waals surface area (Å²) in [6, 6.07) is 9.01. The third kappa shape index (κ3) is 4.24. The Morgan fingerprint density at radius 2 is 1.95 bits per heavy atom. The summed E-state index contributed by atoms with van der Waals surface area (Å²) in [7, 11) is 0. The van der Waals surface area contributed by atoms with Crippen molar-refractivity contribution in [2.24, 2.45) is 5.92 Å². The zero-order valence-corrected chi connectivity index (χ0v) is 12.7. The van der Waals surface area contributed by atoms with Crippen molar-refractivity contribution in [3.63, 3.8) is 0 Å². The Labute approximate surface area is 117 Å². The molecule has 0 spiro atoms. The number of rotatable bonds is 6. The first kappa shape index (κ1) is 14.4. The van der Waals surface area contributed by atoms with E-state index in [1.807, 2.05) is 6.07 Å². The van der Waals surface area contributed by atoms with Gasteiger partial charge in [0, 0.05) is 12.6 Å². The average Bonchev–Trinajstić information content (AvgIpc) is 3.18. The fourth-order valence-electron chi connectivity index (χ4n) is 2.42. The van der Waals surface area contributed by atoms with Gasteiger partial charge in [-0.1, -0.05) is 39.0 Å². The number of hydrogen-bond acceptors (Lipinski definition) is 2. The van der Waals surface area contributed by atoms with Crippen molar-refractivity contribution in [2.75, 3.05) is 13.2 Å². The highest BCUT2D eigenvalue weighted by atomic mass is 16.5. The van der Waals surface area contributed by atoms with Crippen LogP contribution < -0.4 is 10.1 Å². The van der Waals surface area contributed by atoms with Gasteiger partial charge in [-0.3, -0.25) is 0 Å². The van der Waals surface area contributed by atoms with Crippen molar-refractivity contribution < 1.29 is 4.74 Å². The van der Waals surface area contributed by atoms with Gasteiger partial charge in [-0.05, 0) is 42.7 Å². The Hall–Kier alpha value is -1.02. The summed E-state index contributed by atoms with van der Waals surface area (Å²) in [5.41, 5.74) is 1.41. The second kappa shape index (κ2) is 5.96. The number of ether oxygens (including phenoxy) is 1. The van der Waals surface area contributed by atoms with Crippen molar-refractivity contribution in [2.45, 2.75) is 52.0 Å². The Kier molecular flexibility index (Phi) is 4.51. The van der Waals surface area contributed by atoms with Crippen LogP contribution >= 0.6 is 0 Å². The second-order valence-corrected chi connectivity index (χ2v) is 6.67. The first-order valence-corrected chi connectivity index (χ1v) is 7.44. The molecule has 1 N–H and O–H groups in total. The Balaban J connectivity index is 1.82. The van der Waals surface area contributed by atoms with Crippen LogP contribution in [-0.2, 0) is 5.41 Å². The largest absolute Gasteiger partial charge is 0.492 e. The average molecular weight is 261 g/mol. The molecule has 1 saturated carbocycles. The minimum atomic E-state index is 0.130. The first-order valence-electron chi connectivity index (χ1n) is 7.44. The van der Waals surface area contributed by atoms with E-state index in [0.717, 1.165) is 24.8 Å². The van der Waals surface area contributed by atoms with E-state index in [-0.39, 0.29) is 5.41 Å². The lowest BCUT2D eigenvalue weighted by Crippen LogP contribution is -2.31. The van der Waals surface area contributed by atoms with Crippen molar-refractivity contribution in [1.82, 2.24) is 5.32 Å². The van der Waals surface area contributed by atoms with Crippen molar-refractivity contribution >= 4 is 0 Å². The molecule has 0 saturated heterocycles. The topological polar surface area (TPSA) is 21.3 Å². The fraction of sp³-hybridized carbons (Fsp3) is 0.647. The van der Waals surface area contributed by atoms with Crippen LogP contribution in [-0.4, -0.2) is 19.2 Å². The van der Waals surface area contributed by atoms with Crippen LogP contribution in [0.4, 0.5) is 0 Å². The van der Waals surface area contributed by atoms with Gasteiger partial charge >= 0.3 is 0 Å². The van der Waals surface area contributed by atoms with Crippen LogP contribution in [0, 0.1) is 5.92 Å². The molecule has 19 heavy (non-hydrogen) atoms. The van der Waals surface area contributed by atoms with Gasteiger partial charge in [-0.2, -0.15) is 0 Å². The zero-order chi connectivity index (χ0) is 13.9. The monoisotopic (exact) mass is 261 g/mol. The molecule has 0 amide bonds. The summed E-state index contributed by atoms with van der Waals surface area (Å²) in [4.78, 5) is 0. The van der Waals surface area contributed by atoms with Gasteiger partial charge in [0.25, 0.3) is 0 Å². The second-order valence-electron chi connectivity index (χ2n) is 6.67. The van der Waals surface area contributed by atoms with Crippen LogP contribution in [0.25, 0.3) is 0 Å². The van der Waals surface area contributed by atoms with Crippen LogP contribution in [0.2, 0.25) is 0 Å². The number of benzene rings is 1. The Bertz CT molecular complexity index is 404. The van der Waals surface area contributed by atoms with E-state index >= 15 is 0 Å². The summed E-state index contributed by atoms with van der Waals surface area (Å²) in [5, 5.41) is 3.55. The van der Waals surface area contributed by atoms with E-state index in [1.54, 1.807) is 0 Å².